The van der Waals surface area contributed by atoms with Crippen LogP contribution in [-0.2, 0) is 16.1 Å². The molecule has 0 unspecified atom stereocenters. The van der Waals surface area contributed by atoms with Crippen molar-refractivity contribution in [3.05, 3.63) is 49.1 Å². The van der Waals surface area contributed by atoms with E-state index in [1.807, 2.05) is 23.1 Å². The Balaban J connectivity index is 2.20. The molecule has 1 aromatic carbocycles. The molecule has 2 rings (SSSR count). The Labute approximate surface area is 166 Å². The minimum atomic E-state index is -0.547. The van der Waals surface area contributed by atoms with E-state index < -0.39 is 6.04 Å². The van der Waals surface area contributed by atoms with Crippen molar-refractivity contribution in [2.24, 2.45) is 0 Å². The number of nitrogens with one attached hydrogen (secondary N) is 1. The van der Waals surface area contributed by atoms with Crippen LogP contribution in [0.5, 0.6) is 11.5 Å². The lowest BCUT2D eigenvalue weighted by atomic mass is 10.1. The first-order valence-corrected chi connectivity index (χ1v) is 9.26. The Morgan fingerprint density at radius 1 is 1.29 bits per heavy atom. The van der Waals surface area contributed by atoms with E-state index in [0.29, 0.717) is 44.2 Å². The van der Waals surface area contributed by atoms with E-state index in [1.165, 1.54) is 0 Å². The van der Waals surface area contributed by atoms with Crippen molar-refractivity contribution < 1.29 is 19.1 Å². The highest BCUT2D eigenvalue weighted by atomic mass is 16.5. The number of nitrogens with zero attached hydrogens (tertiary/aromatic N) is 2. The summed E-state index contributed by atoms with van der Waals surface area (Å²) >= 11 is 0. The molecule has 1 heterocycles. The fourth-order valence-electron chi connectivity index (χ4n) is 3.35. The molecule has 28 heavy (non-hydrogen) atoms. The monoisotopic (exact) mass is 387 g/mol. The summed E-state index contributed by atoms with van der Waals surface area (Å²) in [6, 6.07) is 5.11. The number of piperazine rings is 1. The van der Waals surface area contributed by atoms with E-state index in [4.69, 9.17) is 9.47 Å². The first-order chi connectivity index (χ1) is 13.5. The van der Waals surface area contributed by atoms with Crippen molar-refractivity contribution in [2.45, 2.75) is 19.0 Å². The lowest BCUT2D eigenvalue weighted by Gasteiger charge is -2.36. The van der Waals surface area contributed by atoms with Gasteiger partial charge in [0.1, 0.15) is 0 Å². The summed E-state index contributed by atoms with van der Waals surface area (Å²) in [6.07, 6.45) is 3.43. The van der Waals surface area contributed by atoms with Crippen LogP contribution in [0.15, 0.2) is 43.5 Å². The van der Waals surface area contributed by atoms with Gasteiger partial charge in [0.25, 0.3) is 0 Å². The Morgan fingerprint density at radius 2 is 2.00 bits per heavy atom. The Morgan fingerprint density at radius 3 is 2.61 bits per heavy atom. The van der Waals surface area contributed by atoms with E-state index in [1.54, 1.807) is 31.3 Å². The zero-order valence-electron chi connectivity index (χ0n) is 16.6. The second-order valence-electron chi connectivity index (χ2n) is 6.51. The fourth-order valence-corrected chi connectivity index (χ4v) is 3.35. The molecule has 152 valence electrons. The van der Waals surface area contributed by atoms with Crippen molar-refractivity contribution in [3.63, 3.8) is 0 Å². The zero-order valence-corrected chi connectivity index (χ0v) is 16.6. The molecule has 7 nitrogen and oxygen atoms in total. The van der Waals surface area contributed by atoms with Crippen LogP contribution in [0.1, 0.15) is 12.0 Å². The van der Waals surface area contributed by atoms with Crippen molar-refractivity contribution in [3.8, 4) is 11.5 Å². The van der Waals surface area contributed by atoms with Gasteiger partial charge in [-0.15, -0.1) is 13.2 Å². The van der Waals surface area contributed by atoms with E-state index in [0.717, 1.165) is 5.56 Å². The quantitative estimate of drug-likeness (QED) is 0.618. The van der Waals surface area contributed by atoms with Gasteiger partial charge >= 0.3 is 0 Å². The van der Waals surface area contributed by atoms with Gasteiger partial charge < -0.3 is 19.7 Å². The third-order valence-corrected chi connectivity index (χ3v) is 4.72. The molecule has 0 radical (unpaired) electrons. The van der Waals surface area contributed by atoms with Crippen LogP contribution in [-0.4, -0.2) is 68.1 Å². The SMILES string of the molecule is C=CCN(CC=C)C(=O)C[C@@H]1C(=O)NCCN1Cc1cccc(OC)c1OC. The molecule has 0 saturated carbocycles. The molecule has 1 aliphatic heterocycles. The first kappa shape index (κ1) is 21.5. The minimum absolute atomic E-state index is 0.0970. The third kappa shape index (κ3) is 5.13. The zero-order chi connectivity index (χ0) is 20.5. The van der Waals surface area contributed by atoms with Gasteiger partial charge in [0.2, 0.25) is 11.8 Å². The largest absolute Gasteiger partial charge is 0.493 e. The summed E-state index contributed by atoms with van der Waals surface area (Å²) in [5.41, 5.74) is 0.906. The average Bonchev–Trinajstić information content (AvgIpc) is 2.70. The smallest absolute Gasteiger partial charge is 0.237 e. The topological polar surface area (TPSA) is 71.1 Å². The second kappa shape index (κ2) is 10.5. The highest BCUT2D eigenvalue weighted by molar-refractivity contribution is 5.89. The standard InChI is InChI=1S/C21H29N3O4/c1-5-11-23(12-6-2)19(25)14-17-21(26)22-10-13-24(17)15-16-8-7-9-18(27-3)20(16)28-4/h5-9,17H,1-2,10-15H2,3-4H3,(H,22,26)/t17-/m1/s1. The summed E-state index contributed by atoms with van der Waals surface area (Å²) in [7, 11) is 3.18. The molecule has 0 aromatic heterocycles. The Bertz CT molecular complexity index is 710. The lowest BCUT2D eigenvalue weighted by molar-refractivity contribution is -0.138. The molecular formula is C21H29N3O4. The minimum Gasteiger partial charge on any atom is -0.493 e. The van der Waals surface area contributed by atoms with Crippen LogP contribution >= 0.6 is 0 Å². The summed E-state index contributed by atoms with van der Waals surface area (Å²) in [4.78, 5) is 28.9. The van der Waals surface area contributed by atoms with Crippen LogP contribution in [0.3, 0.4) is 0 Å². The molecule has 0 spiro atoms. The van der Waals surface area contributed by atoms with E-state index >= 15 is 0 Å². The van der Waals surface area contributed by atoms with Crippen LogP contribution in [0.2, 0.25) is 0 Å². The number of carbonyl (C=O) groups is 2. The van der Waals surface area contributed by atoms with Crippen molar-refractivity contribution in [1.82, 2.24) is 15.1 Å². The van der Waals surface area contributed by atoms with Gasteiger partial charge in [-0.2, -0.15) is 0 Å². The number of rotatable bonds is 10. The number of methoxy groups -OCH3 is 2. The van der Waals surface area contributed by atoms with Gasteiger partial charge in [-0.25, -0.2) is 0 Å². The van der Waals surface area contributed by atoms with Gasteiger partial charge in [-0.05, 0) is 6.07 Å². The van der Waals surface area contributed by atoms with Gasteiger partial charge in [0.15, 0.2) is 11.5 Å². The maximum absolute atomic E-state index is 12.7. The molecular weight excluding hydrogens is 358 g/mol. The highest BCUT2D eigenvalue weighted by Gasteiger charge is 2.33. The van der Waals surface area contributed by atoms with Gasteiger partial charge in [-0.1, -0.05) is 24.3 Å². The van der Waals surface area contributed by atoms with Crippen LogP contribution in [0, 0.1) is 0 Å². The molecule has 1 saturated heterocycles. The average molecular weight is 387 g/mol. The number of hydrogen-bond donors (Lipinski definition) is 1. The van der Waals surface area contributed by atoms with Crippen molar-refractivity contribution >= 4 is 11.8 Å². The van der Waals surface area contributed by atoms with Gasteiger partial charge in [-0.3, -0.25) is 14.5 Å². The third-order valence-electron chi connectivity index (χ3n) is 4.72. The molecule has 1 fully saturated rings. The fraction of sp³-hybridized carbons (Fsp3) is 0.429. The van der Waals surface area contributed by atoms with Crippen LogP contribution in [0.25, 0.3) is 0 Å². The van der Waals surface area contributed by atoms with E-state index in [2.05, 4.69) is 18.5 Å². The molecule has 1 aliphatic rings. The van der Waals surface area contributed by atoms with Gasteiger partial charge in [0, 0.05) is 38.3 Å². The van der Waals surface area contributed by atoms with E-state index in [9.17, 15) is 9.59 Å². The highest BCUT2D eigenvalue weighted by Crippen LogP contribution is 2.32. The number of para-hydroxylation sites is 1. The van der Waals surface area contributed by atoms with Crippen LogP contribution in [0.4, 0.5) is 0 Å². The number of amides is 2. The summed E-state index contributed by atoms with van der Waals surface area (Å²) < 4.78 is 10.9. The summed E-state index contributed by atoms with van der Waals surface area (Å²) in [5.74, 6) is 1.03. The Kier molecular flexibility index (Phi) is 8.07. The molecule has 1 aromatic rings. The predicted octanol–water partition coefficient (Wildman–Crippen LogP) is 1.59. The predicted molar refractivity (Wildman–Crippen MR) is 108 cm³/mol. The summed E-state index contributed by atoms with van der Waals surface area (Å²) in [5, 5.41) is 2.86. The molecule has 0 bridgehead atoms. The molecule has 1 atom stereocenters. The van der Waals surface area contributed by atoms with Crippen LogP contribution < -0.4 is 14.8 Å². The van der Waals surface area contributed by atoms with Crippen molar-refractivity contribution in [2.75, 3.05) is 40.4 Å². The molecule has 7 heteroatoms. The second-order valence-corrected chi connectivity index (χ2v) is 6.51. The molecule has 1 N–H and O–H groups in total. The normalized spacial score (nSPS) is 16.8. The maximum atomic E-state index is 12.7. The number of carbonyl (C=O) groups excluding carboxylic acids is 2. The van der Waals surface area contributed by atoms with E-state index in [-0.39, 0.29) is 18.2 Å². The number of benzene rings is 1. The maximum Gasteiger partial charge on any atom is 0.237 e. The molecule has 2 amide bonds. The molecule has 0 aliphatic carbocycles. The summed E-state index contributed by atoms with van der Waals surface area (Å²) in [6.45, 7) is 9.89. The van der Waals surface area contributed by atoms with Gasteiger partial charge in [0.05, 0.1) is 26.7 Å². The number of ether oxygens (including phenoxy) is 2. The Hall–Kier alpha value is -2.80. The number of hydrogen-bond acceptors (Lipinski definition) is 5. The first-order valence-electron chi connectivity index (χ1n) is 9.26. The lowest BCUT2D eigenvalue weighted by Crippen LogP contribution is -2.56. The van der Waals surface area contributed by atoms with Crippen molar-refractivity contribution in [1.29, 1.82) is 0 Å².